The first kappa shape index (κ1) is 18.4. The summed E-state index contributed by atoms with van der Waals surface area (Å²) in [5.41, 5.74) is 1.45. The van der Waals surface area contributed by atoms with Gasteiger partial charge in [0.05, 0.1) is 0 Å². The summed E-state index contributed by atoms with van der Waals surface area (Å²) in [6.45, 7) is 6.84. The zero-order valence-electron chi connectivity index (χ0n) is 15.6. The number of aromatic nitrogens is 1. The summed E-state index contributed by atoms with van der Waals surface area (Å²) in [5.74, 6) is 0.824. The van der Waals surface area contributed by atoms with Crippen LogP contribution in [0, 0.1) is 6.92 Å². The van der Waals surface area contributed by atoms with Crippen molar-refractivity contribution in [3.8, 4) is 5.75 Å². The van der Waals surface area contributed by atoms with Crippen molar-refractivity contribution in [2.45, 2.75) is 38.8 Å². The summed E-state index contributed by atoms with van der Waals surface area (Å²) in [6, 6.07) is 11.8. The Labute approximate surface area is 155 Å². The average molecular weight is 353 g/mol. The largest absolute Gasteiger partial charge is 0.477 e. The molecule has 0 spiro atoms. The fraction of sp³-hybridized carbons (Fsp3) is 0.429. The highest BCUT2D eigenvalue weighted by Crippen LogP contribution is 2.29. The van der Waals surface area contributed by atoms with Crippen LogP contribution in [0.15, 0.2) is 48.8 Å². The third-order valence-electron chi connectivity index (χ3n) is 4.93. The monoisotopic (exact) mass is 353 g/mol. The zero-order chi connectivity index (χ0) is 18.4. The summed E-state index contributed by atoms with van der Waals surface area (Å²) in [6.07, 6.45) is 4.87. The normalized spacial score (nSPS) is 16.1. The van der Waals surface area contributed by atoms with Crippen molar-refractivity contribution < 1.29 is 9.53 Å². The first-order valence-electron chi connectivity index (χ1n) is 9.28. The minimum Gasteiger partial charge on any atom is -0.477 e. The lowest BCUT2D eigenvalue weighted by molar-refractivity contribution is -0.151. The van der Waals surface area contributed by atoms with Crippen LogP contribution in [0.5, 0.6) is 5.75 Å². The predicted octanol–water partition coefficient (Wildman–Crippen LogP) is 2.94. The van der Waals surface area contributed by atoms with E-state index in [1.165, 1.54) is 5.56 Å². The average Bonchev–Trinajstić information content (AvgIpc) is 2.69. The fourth-order valence-electron chi connectivity index (χ4n) is 3.35. The lowest BCUT2D eigenvalue weighted by atomic mass is 9.90. The van der Waals surface area contributed by atoms with Crippen molar-refractivity contribution in [3.63, 3.8) is 0 Å². The molecule has 1 aliphatic rings. The third kappa shape index (κ3) is 4.22. The van der Waals surface area contributed by atoms with Gasteiger partial charge in [-0.3, -0.25) is 9.78 Å². The summed E-state index contributed by atoms with van der Waals surface area (Å²) in [5, 5.41) is 3.34. The lowest BCUT2D eigenvalue weighted by Crippen LogP contribution is -2.57. The van der Waals surface area contributed by atoms with Gasteiger partial charge in [0, 0.05) is 38.3 Å². The number of benzene rings is 1. The number of carbonyl (C=O) groups excluding carboxylic acids is 1. The third-order valence-corrected chi connectivity index (χ3v) is 4.93. The molecule has 1 aromatic carbocycles. The van der Waals surface area contributed by atoms with Crippen LogP contribution >= 0.6 is 0 Å². The van der Waals surface area contributed by atoms with Crippen LogP contribution in [0.25, 0.3) is 0 Å². The van der Waals surface area contributed by atoms with Gasteiger partial charge in [0.15, 0.2) is 5.60 Å². The molecule has 5 heteroatoms. The van der Waals surface area contributed by atoms with Crippen molar-refractivity contribution in [1.82, 2.24) is 15.2 Å². The Hall–Kier alpha value is -2.40. The number of hydrogen-bond acceptors (Lipinski definition) is 4. The Kier molecular flexibility index (Phi) is 5.89. The molecular weight excluding hydrogens is 326 g/mol. The number of likely N-dealkylation sites (N-methyl/N-ethyl adjacent to an activating group) is 1. The van der Waals surface area contributed by atoms with Gasteiger partial charge in [0.1, 0.15) is 5.75 Å². The topological polar surface area (TPSA) is 54.5 Å². The molecule has 26 heavy (non-hydrogen) atoms. The molecule has 0 aliphatic carbocycles. The highest BCUT2D eigenvalue weighted by Gasteiger charge is 2.44. The van der Waals surface area contributed by atoms with Gasteiger partial charge in [-0.05, 0) is 56.8 Å². The van der Waals surface area contributed by atoms with E-state index in [4.69, 9.17) is 4.74 Å². The van der Waals surface area contributed by atoms with Gasteiger partial charge in [-0.2, -0.15) is 0 Å². The summed E-state index contributed by atoms with van der Waals surface area (Å²) < 4.78 is 6.34. The first-order valence-corrected chi connectivity index (χ1v) is 9.28. The van der Waals surface area contributed by atoms with Crippen LogP contribution < -0.4 is 10.1 Å². The van der Waals surface area contributed by atoms with E-state index in [1.807, 2.05) is 55.1 Å². The Morgan fingerprint density at radius 2 is 1.81 bits per heavy atom. The van der Waals surface area contributed by atoms with E-state index >= 15 is 0 Å². The van der Waals surface area contributed by atoms with Crippen molar-refractivity contribution in [2.24, 2.45) is 0 Å². The van der Waals surface area contributed by atoms with Crippen LogP contribution in [-0.4, -0.2) is 41.0 Å². The second kappa shape index (κ2) is 8.32. The molecule has 1 aromatic heterocycles. The standard InChI is InChI=1S/C21H27N3O2/c1-3-24(16-18-8-12-22-13-9-18)20(25)21(10-14-23-15-11-21)26-19-6-4-17(2)5-7-19/h4-9,12-13,23H,3,10-11,14-16H2,1-2H3. The number of nitrogens with one attached hydrogen (secondary N) is 1. The smallest absolute Gasteiger partial charge is 0.267 e. The van der Waals surface area contributed by atoms with E-state index in [0.717, 1.165) is 24.4 Å². The molecule has 0 unspecified atom stereocenters. The number of piperidine rings is 1. The van der Waals surface area contributed by atoms with Crippen molar-refractivity contribution in [2.75, 3.05) is 19.6 Å². The Morgan fingerprint density at radius 1 is 1.15 bits per heavy atom. The number of hydrogen-bond donors (Lipinski definition) is 1. The fourth-order valence-corrected chi connectivity index (χ4v) is 3.35. The second-order valence-electron chi connectivity index (χ2n) is 6.83. The maximum Gasteiger partial charge on any atom is 0.267 e. The minimum absolute atomic E-state index is 0.0684. The van der Waals surface area contributed by atoms with E-state index < -0.39 is 5.60 Å². The van der Waals surface area contributed by atoms with Crippen LogP contribution in [0.4, 0.5) is 0 Å². The predicted molar refractivity (Wildman–Crippen MR) is 102 cm³/mol. The highest BCUT2D eigenvalue weighted by molar-refractivity contribution is 5.86. The van der Waals surface area contributed by atoms with Crippen LogP contribution in [0.1, 0.15) is 30.9 Å². The van der Waals surface area contributed by atoms with Gasteiger partial charge in [-0.1, -0.05) is 17.7 Å². The molecule has 2 heterocycles. The molecule has 0 atom stereocenters. The molecule has 0 saturated carbocycles. The molecule has 5 nitrogen and oxygen atoms in total. The Balaban J connectivity index is 1.82. The van der Waals surface area contributed by atoms with Gasteiger partial charge in [0.2, 0.25) is 0 Å². The molecule has 1 amide bonds. The van der Waals surface area contributed by atoms with Gasteiger partial charge >= 0.3 is 0 Å². The Bertz CT molecular complexity index is 710. The number of amides is 1. The number of aryl methyl sites for hydroxylation is 1. The SMILES string of the molecule is CCN(Cc1ccncc1)C(=O)C1(Oc2ccc(C)cc2)CCNCC1. The zero-order valence-corrected chi connectivity index (χ0v) is 15.6. The van der Waals surface area contributed by atoms with E-state index in [2.05, 4.69) is 10.3 Å². The number of carbonyl (C=O) groups is 1. The maximum absolute atomic E-state index is 13.5. The van der Waals surface area contributed by atoms with E-state index in [0.29, 0.717) is 25.9 Å². The Morgan fingerprint density at radius 3 is 2.42 bits per heavy atom. The van der Waals surface area contributed by atoms with E-state index in [-0.39, 0.29) is 5.91 Å². The highest BCUT2D eigenvalue weighted by atomic mass is 16.5. The van der Waals surface area contributed by atoms with Gasteiger partial charge < -0.3 is 15.0 Å². The molecule has 1 N–H and O–H groups in total. The van der Waals surface area contributed by atoms with Crippen molar-refractivity contribution in [3.05, 3.63) is 59.9 Å². The molecule has 0 radical (unpaired) electrons. The van der Waals surface area contributed by atoms with Crippen molar-refractivity contribution >= 4 is 5.91 Å². The molecule has 0 bridgehead atoms. The van der Waals surface area contributed by atoms with Gasteiger partial charge in [-0.15, -0.1) is 0 Å². The number of rotatable bonds is 6. The summed E-state index contributed by atoms with van der Waals surface area (Å²) in [7, 11) is 0. The quantitative estimate of drug-likeness (QED) is 0.867. The van der Waals surface area contributed by atoms with Crippen LogP contribution in [0.2, 0.25) is 0 Å². The first-order chi connectivity index (χ1) is 12.6. The number of nitrogens with zero attached hydrogens (tertiary/aromatic N) is 2. The summed E-state index contributed by atoms with van der Waals surface area (Å²) in [4.78, 5) is 19.4. The maximum atomic E-state index is 13.5. The number of pyridine rings is 1. The van der Waals surface area contributed by atoms with Gasteiger partial charge in [0.25, 0.3) is 5.91 Å². The summed E-state index contributed by atoms with van der Waals surface area (Å²) >= 11 is 0. The molecule has 138 valence electrons. The molecule has 1 saturated heterocycles. The molecule has 2 aromatic rings. The van der Waals surface area contributed by atoms with Gasteiger partial charge in [-0.25, -0.2) is 0 Å². The lowest BCUT2D eigenvalue weighted by Gasteiger charge is -2.40. The number of ether oxygens (including phenoxy) is 1. The second-order valence-corrected chi connectivity index (χ2v) is 6.83. The van der Waals surface area contributed by atoms with Crippen LogP contribution in [-0.2, 0) is 11.3 Å². The minimum atomic E-state index is -0.802. The van der Waals surface area contributed by atoms with Crippen molar-refractivity contribution in [1.29, 1.82) is 0 Å². The molecule has 1 fully saturated rings. The van der Waals surface area contributed by atoms with Crippen LogP contribution in [0.3, 0.4) is 0 Å². The molecule has 3 rings (SSSR count). The van der Waals surface area contributed by atoms with E-state index in [1.54, 1.807) is 12.4 Å². The molecular formula is C21H27N3O2. The van der Waals surface area contributed by atoms with E-state index in [9.17, 15) is 4.79 Å². The molecule has 1 aliphatic heterocycles.